The summed E-state index contributed by atoms with van der Waals surface area (Å²) in [6.45, 7) is 4.34. The summed E-state index contributed by atoms with van der Waals surface area (Å²) in [7, 11) is 0. The lowest BCUT2D eigenvalue weighted by Crippen LogP contribution is -2.55. The SMILES string of the molecule is C=C[C@H]1[C@@H]2O[C@@H]2[C@@H]2[C@H]1O[C@@]13COC(=O)[C@@H]1C[C@@H]23. The van der Waals surface area contributed by atoms with Gasteiger partial charge in [-0.2, -0.15) is 0 Å². The van der Waals surface area contributed by atoms with Crippen LogP contribution in [0, 0.1) is 23.7 Å². The maximum absolute atomic E-state index is 11.6. The zero-order chi connectivity index (χ0) is 11.4. The van der Waals surface area contributed by atoms with Gasteiger partial charge in [-0.15, -0.1) is 6.58 Å². The van der Waals surface area contributed by atoms with E-state index in [0.29, 0.717) is 36.6 Å². The van der Waals surface area contributed by atoms with E-state index in [1.165, 1.54) is 0 Å². The highest BCUT2D eigenvalue weighted by Gasteiger charge is 2.79. The average Bonchev–Trinajstić information content (AvgIpc) is 2.90. The quantitative estimate of drug-likeness (QED) is 0.377. The molecule has 90 valence electrons. The molecule has 2 saturated carbocycles. The molecule has 1 spiro atoms. The Balaban J connectivity index is 1.55. The number of carbonyl (C=O) groups excluding carboxylic acids is 1. The largest absolute Gasteiger partial charge is 0.462 e. The van der Waals surface area contributed by atoms with Crippen molar-refractivity contribution in [2.75, 3.05) is 6.61 Å². The lowest BCUT2D eigenvalue weighted by Gasteiger charge is -2.44. The van der Waals surface area contributed by atoms with E-state index in [0.717, 1.165) is 6.42 Å². The fraction of sp³-hybridized carbons (Fsp3) is 0.769. The van der Waals surface area contributed by atoms with Gasteiger partial charge in [0.05, 0.1) is 24.2 Å². The van der Waals surface area contributed by atoms with E-state index in [1.54, 1.807) is 0 Å². The van der Waals surface area contributed by atoms with Crippen LogP contribution in [-0.4, -0.2) is 36.5 Å². The molecule has 0 radical (unpaired) electrons. The summed E-state index contributed by atoms with van der Waals surface area (Å²) < 4.78 is 17.2. The molecule has 8 atom stereocenters. The average molecular weight is 234 g/mol. The van der Waals surface area contributed by atoms with Crippen LogP contribution < -0.4 is 0 Å². The van der Waals surface area contributed by atoms with Crippen molar-refractivity contribution in [3.63, 3.8) is 0 Å². The summed E-state index contributed by atoms with van der Waals surface area (Å²) in [4.78, 5) is 11.6. The maximum atomic E-state index is 11.6. The number of hydrogen-bond acceptors (Lipinski definition) is 4. The molecule has 3 aliphatic heterocycles. The summed E-state index contributed by atoms with van der Waals surface area (Å²) >= 11 is 0. The van der Waals surface area contributed by atoms with Crippen LogP contribution in [0.25, 0.3) is 0 Å². The molecule has 3 saturated heterocycles. The molecule has 0 bridgehead atoms. The highest BCUT2D eigenvalue weighted by atomic mass is 16.6. The van der Waals surface area contributed by atoms with Gasteiger partial charge >= 0.3 is 5.97 Å². The Morgan fingerprint density at radius 3 is 3.00 bits per heavy atom. The standard InChI is InChI=1S/C13H14O4/c1-2-5-9-8(11-10(5)16-11)6-3-7-12(14)15-4-13(6,7)17-9/h2,5-11H,1,3-4H2/t5-,6+,7+,8+,9+,10+,11-,13-/m1/s1. The molecular formula is C13H14O4. The van der Waals surface area contributed by atoms with E-state index < -0.39 is 0 Å². The van der Waals surface area contributed by atoms with Crippen molar-refractivity contribution >= 4 is 5.97 Å². The molecule has 5 rings (SSSR count). The van der Waals surface area contributed by atoms with Gasteiger partial charge in [0.15, 0.2) is 0 Å². The number of ether oxygens (including phenoxy) is 3. The van der Waals surface area contributed by atoms with Crippen LogP contribution in [0.2, 0.25) is 0 Å². The highest BCUT2D eigenvalue weighted by Crippen LogP contribution is 2.68. The Labute approximate surface area is 98.9 Å². The van der Waals surface area contributed by atoms with Gasteiger partial charge in [-0.1, -0.05) is 6.08 Å². The van der Waals surface area contributed by atoms with Crippen LogP contribution in [0.4, 0.5) is 0 Å². The topological polar surface area (TPSA) is 48.1 Å². The molecule has 5 aliphatic rings. The van der Waals surface area contributed by atoms with Crippen LogP contribution in [0.5, 0.6) is 0 Å². The fourth-order valence-corrected chi connectivity index (χ4v) is 4.75. The number of rotatable bonds is 1. The van der Waals surface area contributed by atoms with Gasteiger partial charge in [-0.3, -0.25) is 4.79 Å². The Hall–Kier alpha value is -0.870. The molecule has 0 N–H and O–H groups in total. The summed E-state index contributed by atoms with van der Waals surface area (Å²) in [6.07, 6.45) is 3.78. The minimum atomic E-state index is -0.301. The monoisotopic (exact) mass is 234 g/mol. The summed E-state index contributed by atoms with van der Waals surface area (Å²) in [5.41, 5.74) is -0.301. The maximum Gasteiger partial charge on any atom is 0.312 e. The first-order valence-electron chi connectivity index (χ1n) is 6.39. The molecule has 4 heteroatoms. The van der Waals surface area contributed by atoms with Gasteiger partial charge in [-0.05, 0) is 6.42 Å². The van der Waals surface area contributed by atoms with Gasteiger partial charge in [-0.25, -0.2) is 0 Å². The van der Waals surface area contributed by atoms with Crippen molar-refractivity contribution in [2.45, 2.75) is 30.3 Å². The van der Waals surface area contributed by atoms with Crippen LogP contribution >= 0.6 is 0 Å². The number of carbonyl (C=O) groups is 1. The lowest BCUT2D eigenvalue weighted by molar-refractivity contribution is -0.153. The third-order valence-corrected chi connectivity index (χ3v) is 5.60. The van der Waals surface area contributed by atoms with Crippen molar-refractivity contribution in [3.05, 3.63) is 12.7 Å². The second kappa shape index (κ2) is 2.45. The van der Waals surface area contributed by atoms with Gasteiger partial charge < -0.3 is 14.2 Å². The third-order valence-electron chi connectivity index (χ3n) is 5.60. The Morgan fingerprint density at radius 2 is 2.24 bits per heavy atom. The minimum Gasteiger partial charge on any atom is -0.462 e. The van der Waals surface area contributed by atoms with E-state index in [-0.39, 0.29) is 23.6 Å². The molecular weight excluding hydrogens is 220 g/mol. The molecule has 0 aromatic heterocycles. The van der Waals surface area contributed by atoms with E-state index in [4.69, 9.17) is 14.2 Å². The molecule has 0 unspecified atom stereocenters. The number of epoxide rings is 1. The normalized spacial score (nSPS) is 65.2. The number of fused-ring (bicyclic) bond motifs is 4. The van der Waals surface area contributed by atoms with E-state index in [9.17, 15) is 4.79 Å². The van der Waals surface area contributed by atoms with Gasteiger partial charge in [0.25, 0.3) is 0 Å². The van der Waals surface area contributed by atoms with E-state index >= 15 is 0 Å². The Morgan fingerprint density at radius 1 is 1.35 bits per heavy atom. The van der Waals surface area contributed by atoms with Crippen LogP contribution in [0.1, 0.15) is 6.42 Å². The first kappa shape index (κ1) is 9.11. The second-order valence-electron chi connectivity index (χ2n) is 6.00. The molecule has 2 aliphatic carbocycles. The van der Waals surface area contributed by atoms with E-state index in [2.05, 4.69) is 6.58 Å². The van der Waals surface area contributed by atoms with Gasteiger partial charge in [0, 0.05) is 17.8 Å². The molecule has 0 aromatic rings. The summed E-state index contributed by atoms with van der Waals surface area (Å²) in [6, 6.07) is 0. The molecule has 3 heterocycles. The van der Waals surface area contributed by atoms with Crippen LogP contribution in [0.15, 0.2) is 12.7 Å². The zero-order valence-corrected chi connectivity index (χ0v) is 9.37. The molecule has 5 fully saturated rings. The first-order valence-corrected chi connectivity index (χ1v) is 6.39. The summed E-state index contributed by atoms with van der Waals surface area (Å²) in [5.74, 6) is 1.16. The third kappa shape index (κ3) is 0.772. The molecule has 0 aromatic carbocycles. The van der Waals surface area contributed by atoms with Gasteiger partial charge in [0.2, 0.25) is 0 Å². The number of cyclic esters (lactones) is 1. The molecule has 4 nitrogen and oxygen atoms in total. The first-order chi connectivity index (χ1) is 8.26. The Kier molecular flexibility index (Phi) is 1.31. The number of hydrogen-bond donors (Lipinski definition) is 0. The smallest absolute Gasteiger partial charge is 0.312 e. The number of esters is 1. The lowest BCUT2D eigenvalue weighted by atomic mass is 9.59. The van der Waals surface area contributed by atoms with Crippen molar-refractivity contribution in [1.82, 2.24) is 0 Å². The predicted octanol–water partition coefficient (Wildman–Crippen LogP) is 0.516. The zero-order valence-electron chi connectivity index (χ0n) is 9.37. The minimum absolute atomic E-state index is 0.0132. The van der Waals surface area contributed by atoms with Crippen LogP contribution in [0.3, 0.4) is 0 Å². The molecule has 0 amide bonds. The van der Waals surface area contributed by atoms with Gasteiger partial charge in [0.1, 0.15) is 12.2 Å². The van der Waals surface area contributed by atoms with Crippen molar-refractivity contribution in [2.24, 2.45) is 23.7 Å². The second-order valence-corrected chi connectivity index (χ2v) is 6.00. The highest BCUT2D eigenvalue weighted by molar-refractivity contribution is 5.78. The van der Waals surface area contributed by atoms with E-state index in [1.807, 2.05) is 6.08 Å². The fourth-order valence-electron chi connectivity index (χ4n) is 4.75. The van der Waals surface area contributed by atoms with Crippen molar-refractivity contribution in [1.29, 1.82) is 0 Å². The summed E-state index contributed by atoms with van der Waals surface area (Å²) in [5, 5.41) is 0. The van der Waals surface area contributed by atoms with Crippen molar-refractivity contribution in [3.8, 4) is 0 Å². The van der Waals surface area contributed by atoms with Crippen molar-refractivity contribution < 1.29 is 19.0 Å². The molecule has 17 heavy (non-hydrogen) atoms. The Bertz CT molecular complexity index is 447. The van der Waals surface area contributed by atoms with Crippen LogP contribution in [-0.2, 0) is 19.0 Å². The predicted molar refractivity (Wildman–Crippen MR) is 56.0 cm³/mol.